The van der Waals surface area contributed by atoms with Gasteiger partial charge in [-0.15, -0.1) is 0 Å². The number of guanidine groups is 1. The van der Waals surface area contributed by atoms with Gasteiger partial charge in [0.2, 0.25) is 5.91 Å². The van der Waals surface area contributed by atoms with E-state index in [1.54, 1.807) is 14.0 Å². The third-order valence-electron chi connectivity index (χ3n) is 2.96. The van der Waals surface area contributed by atoms with Gasteiger partial charge in [0.05, 0.1) is 18.6 Å². The summed E-state index contributed by atoms with van der Waals surface area (Å²) in [6, 6.07) is 0. The summed E-state index contributed by atoms with van der Waals surface area (Å²) < 4.78 is 5.34. The van der Waals surface area contributed by atoms with Crippen molar-refractivity contribution in [2.75, 3.05) is 20.2 Å². The van der Waals surface area contributed by atoms with Crippen LogP contribution in [0.25, 0.3) is 0 Å². The van der Waals surface area contributed by atoms with Gasteiger partial charge < -0.3 is 21.5 Å². The number of hydrogen-bond donors (Lipinski definition) is 3. The van der Waals surface area contributed by atoms with Crippen molar-refractivity contribution in [1.82, 2.24) is 5.32 Å². The third-order valence-corrected chi connectivity index (χ3v) is 2.96. The molecule has 6 nitrogen and oxygen atoms in total. The minimum atomic E-state index is -0.241. The fourth-order valence-corrected chi connectivity index (χ4v) is 1.64. The average Bonchev–Trinajstić information content (AvgIpc) is 2.39. The van der Waals surface area contributed by atoms with E-state index in [0.717, 1.165) is 12.8 Å². The molecule has 112 valence electrons. The van der Waals surface area contributed by atoms with Crippen molar-refractivity contribution in [2.45, 2.75) is 45.6 Å². The van der Waals surface area contributed by atoms with E-state index >= 15 is 0 Å². The Balaban J connectivity index is 3.94. The van der Waals surface area contributed by atoms with E-state index < -0.39 is 0 Å². The second kappa shape index (κ2) is 10.6. The molecule has 0 fully saturated rings. The minimum absolute atomic E-state index is 0.00832. The molecule has 0 saturated carbocycles. The number of ether oxygens (including phenoxy) is 1. The van der Waals surface area contributed by atoms with E-state index in [1.807, 2.05) is 0 Å². The standard InChI is InChI=1S/C13H28N4O2/c1-4-5-6-7-11(19-3)9-16-12(18)10(2)8-17-13(14)15/h10-11H,4-9H2,1-3H3,(H,16,18)(H4,14,15,17). The van der Waals surface area contributed by atoms with Crippen LogP contribution in [-0.4, -0.2) is 38.2 Å². The smallest absolute Gasteiger partial charge is 0.224 e. The molecule has 0 saturated heterocycles. The van der Waals surface area contributed by atoms with E-state index in [0.29, 0.717) is 13.1 Å². The number of aliphatic imine (C=N–C) groups is 1. The van der Waals surface area contributed by atoms with Gasteiger partial charge in [0, 0.05) is 13.7 Å². The Hall–Kier alpha value is -1.30. The summed E-state index contributed by atoms with van der Waals surface area (Å²) in [6.45, 7) is 4.79. The summed E-state index contributed by atoms with van der Waals surface area (Å²) in [5.41, 5.74) is 10.5. The summed E-state index contributed by atoms with van der Waals surface area (Å²) in [6.07, 6.45) is 4.53. The van der Waals surface area contributed by atoms with Gasteiger partial charge in [0.15, 0.2) is 5.96 Å². The highest BCUT2D eigenvalue weighted by atomic mass is 16.5. The maximum Gasteiger partial charge on any atom is 0.224 e. The van der Waals surface area contributed by atoms with Crippen molar-refractivity contribution in [3.8, 4) is 0 Å². The Bertz CT molecular complexity index is 278. The zero-order chi connectivity index (χ0) is 14.7. The predicted octanol–water partition coefficient (Wildman–Crippen LogP) is 0.607. The number of nitrogens with two attached hydrogens (primary N) is 2. The number of carbonyl (C=O) groups excluding carboxylic acids is 1. The van der Waals surface area contributed by atoms with Crippen LogP contribution in [0.1, 0.15) is 39.5 Å². The highest BCUT2D eigenvalue weighted by Gasteiger charge is 2.14. The number of rotatable bonds is 10. The molecule has 1 amide bonds. The molecule has 2 atom stereocenters. The molecule has 0 radical (unpaired) electrons. The fourth-order valence-electron chi connectivity index (χ4n) is 1.64. The lowest BCUT2D eigenvalue weighted by molar-refractivity contribution is -0.124. The lowest BCUT2D eigenvalue weighted by atomic mass is 10.1. The van der Waals surface area contributed by atoms with E-state index in [1.165, 1.54) is 12.8 Å². The fraction of sp³-hybridized carbons (Fsp3) is 0.846. The SMILES string of the molecule is CCCCCC(CNC(=O)C(C)CN=C(N)N)OC. The minimum Gasteiger partial charge on any atom is -0.380 e. The maximum absolute atomic E-state index is 11.8. The summed E-state index contributed by atoms with van der Waals surface area (Å²) >= 11 is 0. The first-order chi connectivity index (χ1) is 9.01. The second-order valence-electron chi connectivity index (χ2n) is 4.77. The number of nitrogens with zero attached hydrogens (tertiary/aromatic N) is 1. The van der Waals surface area contributed by atoms with Crippen LogP contribution in [0.5, 0.6) is 0 Å². The van der Waals surface area contributed by atoms with Crippen LogP contribution in [0.4, 0.5) is 0 Å². The van der Waals surface area contributed by atoms with Gasteiger partial charge in [-0.25, -0.2) is 0 Å². The van der Waals surface area contributed by atoms with Crippen molar-refractivity contribution in [2.24, 2.45) is 22.4 Å². The van der Waals surface area contributed by atoms with Gasteiger partial charge >= 0.3 is 0 Å². The molecule has 0 spiro atoms. The first kappa shape index (κ1) is 17.7. The molecule has 0 aliphatic heterocycles. The molecular weight excluding hydrogens is 244 g/mol. The Labute approximate surface area is 116 Å². The number of methoxy groups -OCH3 is 1. The normalized spacial score (nSPS) is 13.6. The Morgan fingerprint density at radius 1 is 1.37 bits per heavy atom. The van der Waals surface area contributed by atoms with E-state index in [2.05, 4.69) is 17.2 Å². The first-order valence-electron chi connectivity index (χ1n) is 6.87. The Kier molecular flexibility index (Phi) is 9.88. The largest absolute Gasteiger partial charge is 0.380 e. The van der Waals surface area contributed by atoms with Gasteiger partial charge in [0.1, 0.15) is 0 Å². The van der Waals surface area contributed by atoms with Crippen LogP contribution in [-0.2, 0) is 9.53 Å². The number of hydrogen-bond acceptors (Lipinski definition) is 3. The maximum atomic E-state index is 11.8. The second-order valence-corrected chi connectivity index (χ2v) is 4.77. The molecule has 0 bridgehead atoms. The van der Waals surface area contributed by atoms with Crippen LogP contribution < -0.4 is 16.8 Å². The molecule has 0 aliphatic rings. The zero-order valence-electron chi connectivity index (χ0n) is 12.3. The molecule has 6 heteroatoms. The van der Waals surface area contributed by atoms with Crippen LogP contribution >= 0.6 is 0 Å². The molecule has 19 heavy (non-hydrogen) atoms. The van der Waals surface area contributed by atoms with Crippen molar-refractivity contribution in [3.63, 3.8) is 0 Å². The highest BCUT2D eigenvalue weighted by molar-refractivity contribution is 5.79. The van der Waals surface area contributed by atoms with Crippen LogP contribution in [0.2, 0.25) is 0 Å². The first-order valence-corrected chi connectivity index (χ1v) is 6.87. The summed E-state index contributed by atoms with van der Waals surface area (Å²) in [5.74, 6) is -0.285. The number of unbranched alkanes of at least 4 members (excludes halogenated alkanes) is 2. The van der Waals surface area contributed by atoms with Gasteiger partial charge in [-0.05, 0) is 6.42 Å². The quantitative estimate of drug-likeness (QED) is 0.308. The van der Waals surface area contributed by atoms with Crippen LogP contribution in [0, 0.1) is 5.92 Å². The van der Waals surface area contributed by atoms with E-state index in [-0.39, 0.29) is 23.9 Å². The Morgan fingerprint density at radius 2 is 2.05 bits per heavy atom. The number of nitrogens with one attached hydrogen (secondary N) is 1. The number of amides is 1. The molecular formula is C13H28N4O2. The molecule has 0 rings (SSSR count). The molecule has 0 heterocycles. The molecule has 5 N–H and O–H groups in total. The van der Waals surface area contributed by atoms with Crippen molar-refractivity contribution >= 4 is 11.9 Å². The highest BCUT2D eigenvalue weighted by Crippen LogP contribution is 2.05. The van der Waals surface area contributed by atoms with E-state index in [9.17, 15) is 4.79 Å². The van der Waals surface area contributed by atoms with Gasteiger partial charge in [-0.3, -0.25) is 9.79 Å². The lowest BCUT2D eigenvalue weighted by Crippen LogP contribution is -2.37. The van der Waals surface area contributed by atoms with Crippen molar-refractivity contribution in [1.29, 1.82) is 0 Å². The van der Waals surface area contributed by atoms with Gasteiger partial charge in [-0.2, -0.15) is 0 Å². The Morgan fingerprint density at radius 3 is 2.58 bits per heavy atom. The topological polar surface area (TPSA) is 103 Å². The van der Waals surface area contributed by atoms with Crippen LogP contribution in [0.15, 0.2) is 4.99 Å². The van der Waals surface area contributed by atoms with Gasteiger partial charge in [-0.1, -0.05) is 33.1 Å². The van der Waals surface area contributed by atoms with Crippen molar-refractivity contribution < 1.29 is 9.53 Å². The summed E-state index contributed by atoms with van der Waals surface area (Å²) in [7, 11) is 1.67. The van der Waals surface area contributed by atoms with E-state index in [4.69, 9.17) is 16.2 Å². The van der Waals surface area contributed by atoms with Crippen molar-refractivity contribution in [3.05, 3.63) is 0 Å². The molecule has 0 aromatic rings. The molecule has 0 aliphatic carbocycles. The van der Waals surface area contributed by atoms with Crippen LogP contribution in [0.3, 0.4) is 0 Å². The summed E-state index contributed by atoms with van der Waals surface area (Å²) in [4.78, 5) is 15.6. The monoisotopic (exact) mass is 272 g/mol. The molecule has 2 unspecified atom stereocenters. The average molecular weight is 272 g/mol. The molecule has 0 aromatic carbocycles. The lowest BCUT2D eigenvalue weighted by Gasteiger charge is -2.17. The third kappa shape index (κ3) is 9.30. The van der Waals surface area contributed by atoms with Gasteiger partial charge in [0.25, 0.3) is 0 Å². The molecule has 0 aromatic heterocycles. The number of carbonyl (C=O) groups is 1. The predicted molar refractivity (Wildman–Crippen MR) is 77.8 cm³/mol. The zero-order valence-corrected chi connectivity index (χ0v) is 12.3. The summed E-state index contributed by atoms with van der Waals surface area (Å²) in [5, 5.41) is 2.87.